The molecule has 0 unspecified atom stereocenters. The van der Waals surface area contributed by atoms with Gasteiger partial charge in [-0.2, -0.15) is 0 Å². The molecule has 0 saturated carbocycles. The summed E-state index contributed by atoms with van der Waals surface area (Å²) in [6, 6.07) is 0. The fraction of sp³-hybridized carbons (Fsp3) is 0.214. The van der Waals surface area contributed by atoms with Crippen LogP contribution in [0, 0.1) is 0 Å². The number of imidazole rings is 3. The maximum absolute atomic E-state index is 10.2. The Morgan fingerprint density at radius 1 is 0.840 bits per heavy atom. The van der Waals surface area contributed by atoms with Crippen LogP contribution in [0.3, 0.4) is 0 Å². The molecule has 0 aliphatic rings. The monoisotopic (exact) mass is 398 g/mol. The van der Waals surface area contributed by atoms with Crippen LogP contribution in [0.5, 0.6) is 0 Å². The van der Waals surface area contributed by atoms with Crippen molar-refractivity contribution in [3.63, 3.8) is 0 Å². The minimum absolute atomic E-state index is 0. The van der Waals surface area contributed by atoms with E-state index in [1.807, 2.05) is 17.8 Å². The Labute approximate surface area is 156 Å². The van der Waals surface area contributed by atoms with Gasteiger partial charge < -0.3 is 23.9 Å². The Morgan fingerprint density at radius 2 is 1.28 bits per heavy atom. The molecule has 0 amide bonds. The first kappa shape index (κ1) is 22.2. The van der Waals surface area contributed by atoms with Crippen LogP contribution >= 0.6 is 0 Å². The average Bonchev–Trinajstić information content (AvgIpc) is 3.22. The van der Waals surface area contributed by atoms with Crippen LogP contribution in [-0.4, -0.2) is 50.8 Å². The Balaban J connectivity index is 0.000000346. The first-order valence-corrected chi connectivity index (χ1v) is 6.66. The van der Waals surface area contributed by atoms with Crippen molar-refractivity contribution >= 4 is 11.9 Å². The molecule has 0 atom stereocenters. The summed E-state index contributed by atoms with van der Waals surface area (Å²) in [7, 11) is 5.21. The van der Waals surface area contributed by atoms with Gasteiger partial charge in [0.1, 0.15) is 0 Å². The molecule has 0 radical (unpaired) electrons. The Hall–Kier alpha value is -2.81. The van der Waals surface area contributed by atoms with Gasteiger partial charge in [0, 0.05) is 77.8 Å². The summed E-state index contributed by atoms with van der Waals surface area (Å²) in [5.41, 5.74) is 0. The van der Waals surface area contributed by atoms with E-state index in [9.17, 15) is 9.59 Å². The van der Waals surface area contributed by atoms with Gasteiger partial charge in [-0.1, -0.05) is 0 Å². The number of rotatable bonds is 2. The molecule has 3 rings (SSSR count). The van der Waals surface area contributed by atoms with E-state index in [4.69, 9.17) is 10.2 Å². The van der Waals surface area contributed by atoms with E-state index in [0.29, 0.717) is 0 Å². The third-order valence-corrected chi connectivity index (χ3v) is 2.66. The molecular weight excluding hydrogens is 382 g/mol. The maximum Gasteiger partial charge on any atom is 0.372 e. The van der Waals surface area contributed by atoms with E-state index < -0.39 is 11.9 Å². The van der Waals surface area contributed by atoms with Crippen molar-refractivity contribution in [2.45, 2.75) is 0 Å². The second-order valence-corrected chi connectivity index (χ2v) is 4.56. The van der Waals surface area contributed by atoms with Crippen LogP contribution in [-0.2, 0) is 40.6 Å². The van der Waals surface area contributed by atoms with Gasteiger partial charge in [-0.25, -0.2) is 24.5 Å². The van der Waals surface area contributed by atoms with Crippen LogP contribution in [0.4, 0.5) is 0 Å². The Kier molecular flexibility index (Phi) is 9.65. The molecule has 130 valence electrons. The molecular formula is C14H18N6O4Zn. The van der Waals surface area contributed by atoms with E-state index in [0.717, 1.165) is 0 Å². The number of hydrogen-bond donors (Lipinski definition) is 2. The van der Waals surface area contributed by atoms with Crippen LogP contribution in [0.1, 0.15) is 21.2 Å². The van der Waals surface area contributed by atoms with Gasteiger partial charge in [0.15, 0.2) is 0 Å². The molecule has 3 aromatic heterocycles. The van der Waals surface area contributed by atoms with Gasteiger partial charge in [-0.15, -0.1) is 0 Å². The normalized spacial score (nSPS) is 8.92. The number of carboxylic acid groups (broad SMARTS) is 2. The number of aromatic carboxylic acids is 2. The smallest absolute Gasteiger partial charge is 0.372 e. The average molecular weight is 400 g/mol. The molecule has 2 N–H and O–H groups in total. The standard InChI is InChI=1S/2C5H6N2O2.C4H6N2.Zn/c2*1-7-3-2-6-4(7)5(8)9;1-6-3-2-5-4-6;/h2*2-3H,1H3,(H,8,9);2-4H,1H3;. The number of nitrogens with zero attached hydrogens (tertiary/aromatic N) is 6. The van der Waals surface area contributed by atoms with Gasteiger partial charge in [0.25, 0.3) is 0 Å². The Bertz CT molecular complexity index is 731. The number of aromatic nitrogens is 6. The topological polar surface area (TPSA) is 128 Å². The van der Waals surface area contributed by atoms with Crippen molar-refractivity contribution in [1.82, 2.24) is 28.7 Å². The molecule has 0 fully saturated rings. The number of hydrogen-bond acceptors (Lipinski definition) is 5. The van der Waals surface area contributed by atoms with Crippen molar-refractivity contribution in [1.29, 1.82) is 0 Å². The molecule has 0 saturated heterocycles. The second kappa shape index (κ2) is 10.9. The summed E-state index contributed by atoms with van der Waals surface area (Å²) < 4.78 is 4.78. The van der Waals surface area contributed by atoms with Crippen molar-refractivity contribution in [3.05, 3.63) is 55.2 Å². The zero-order chi connectivity index (χ0) is 18.1. The maximum atomic E-state index is 10.2. The third kappa shape index (κ3) is 7.53. The van der Waals surface area contributed by atoms with E-state index in [-0.39, 0.29) is 31.1 Å². The van der Waals surface area contributed by atoms with Crippen molar-refractivity contribution in [2.75, 3.05) is 0 Å². The van der Waals surface area contributed by atoms with Crippen LogP contribution in [0.2, 0.25) is 0 Å². The zero-order valence-corrected chi connectivity index (χ0v) is 17.1. The molecule has 0 spiro atoms. The Morgan fingerprint density at radius 3 is 1.40 bits per heavy atom. The summed E-state index contributed by atoms with van der Waals surface area (Å²) >= 11 is 0. The van der Waals surface area contributed by atoms with Crippen LogP contribution < -0.4 is 0 Å². The quantitative estimate of drug-likeness (QED) is 0.605. The van der Waals surface area contributed by atoms with Crippen molar-refractivity contribution in [3.8, 4) is 0 Å². The number of carboxylic acids is 2. The molecule has 0 aliphatic heterocycles. The number of carbonyl (C=O) groups is 2. The van der Waals surface area contributed by atoms with E-state index in [2.05, 4.69) is 15.0 Å². The fourth-order valence-corrected chi connectivity index (χ4v) is 1.47. The molecule has 0 aromatic carbocycles. The van der Waals surface area contributed by atoms with Crippen LogP contribution in [0.15, 0.2) is 43.5 Å². The van der Waals surface area contributed by atoms with Crippen molar-refractivity contribution < 1.29 is 39.3 Å². The predicted octanol–water partition coefficient (Wildman–Crippen LogP) is 0.654. The molecule has 0 bridgehead atoms. The van der Waals surface area contributed by atoms with E-state index >= 15 is 0 Å². The summed E-state index contributed by atoms with van der Waals surface area (Å²) in [4.78, 5) is 31.3. The second-order valence-electron chi connectivity index (χ2n) is 4.56. The summed E-state index contributed by atoms with van der Waals surface area (Å²) in [5.74, 6) is -1.87. The van der Waals surface area contributed by atoms with E-state index in [1.165, 1.54) is 21.5 Å². The fourth-order valence-electron chi connectivity index (χ4n) is 1.47. The van der Waals surface area contributed by atoms with E-state index in [1.54, 1.807) is 39.0 Å². The first-order chi connectivity index (χ1) is 11.3. The third-order valence-electron chi connectivity index (χ3n) is 2.66. The van der Waals surface area contributed by atoms with Gasteiger partial charge in [0.05, 0.1) is 6.33 Å². The van der Waals surface area contributed by atoms with Gasteiger partial charge >= 0.3 is 11.9 Å². The largest absolute Gasteiger partial charge is 0.475 e. The first-order valence-electron chi connectivity index (χ1n) is 6.66. The SMILES string of the molecule is Cn1ccnc1.Cn1ccnc1C(=O)O.Cn1ccnc1C(=O)O.[Zn]. The molecule has 0 aliphatic carbocycles. The van der Waals surface area contributed by atoms with Gasteiger partial charge in [0.2, 0.25) is 11.6 Å². The zero-order valence-electron chi connectivity index (χ0n) is 14.1. The molecule has 11 heteroatoms. The predicted molar refractivity (Wildman–Crippen MR) is 83.5 cm³/mol. The minimum Gasteiger partial charge on any atom is -0.475 e. The molecule has 10 nitrogen and oxygen atoms in total. The van der Waals surface area contributed by atoms with Gasteiger partial charge in [-0.05, 0) is 0 Å². The molecule has 25 heavy (non-hydrogen) atoms. The molecule has 3 heterocycles. The summed E-state index contributed by atoms with van der Waals surface area (Å²) in [6.07, 6.45) is 11.5. The summed E-state index contributed by atoms with van der Waals surface area (Å²) in [5, 5.41) is 16.7. The minimum atomic E-state index is -0.998. The van der Waals surface area contributed by atoms with Crippen LogP contribution in [0.25, 0.3) is 0 Å². The molecule has 3 aromatic rings. The summed E-state index contributed by atoms with van der Waals surface area (Å²) in [6.45, 7) is 0. The van der Waals surface area contributed by atoms with Crippen molar-refractivity contribution in [2.24, 2.45) is 21.1 Å². The number of aryl methyl sites for hydroxylation is 3. The van der Waals surface area contributed by atoms with Gasteiger partial charge in [-0.3, -0.25) is 0 Å².